The van der Waals surface area contributed by atoms with Crippen LogP contribution in [0.5, 0.6) is 0 Å². The molecular weight excluding hydrogens is 357 g/mol. The molecule has 5 nitrogen and oxygen atoms in total. The number of rotatable bonds is 5. The van der Waals surface area contributed by atoms with Crippen molar-refractivity contribution in [3.63, 3.8) is 0 Å². The molecule has 0 amide bonds. The number of hydrogen-bond acceptors (Lipinski definition) is 3. The molecule has 0 spiro atoms. The van der Waals surface area contributed by atoms with Gasteiger partial charge in [-0.2, -0.15) is 0 Å². The molecular formula is C13H26IN3O2. The Labute approximate surface area is 132 Å². The Morgan fingerprint density at radius 2 is 2.16 bits per heavy atom. The summed E-state index contributed by atoms with van der Waals surface area (Å²) < 4.78 is 5.56. The third kappa shape index (κ3) is 5.43. The Kier molecular flexibility index (Phi) is 7.38. The number of aliphatic hydroxyl groups is 1. The summed E-state index contributed by atoms with van der Waals surface area (Å²) in [7, 11) is 0. The molecule has 1 saturated carbocycles. The van der Waals surface area contributed by atoms with E-state index in [2.05, 4.69) is 15.6 Å². The van der Waals surface area contributed by atoms with Gasteiger partial charge in [-0.15, -0.1) is 24.0 Å². The van der Waals surface area contributed by atoms with Gasteiger partial charge >= 0.3 is 0 Å². The summed E-state index contributed by atoms with van der Waals surface area (Å²) in [6, 6.07) is 0. The van der Waals surface area contributed by atoms with Gasteiger partial charge in [0.15, 0.2) is 5.96 Å². The number of nitrogens with one attached hydrogen (secondary N) is 2. The zero-order valence-corrected chi connectivity index (χ0v) is 14.0. The van der Waals surface area contributed by atoms with Crippen LogP contribution in [0.15, 0.2) is 4.99 Å². The second kappa shape index (κ2) is 8.26. The molecule has 3 N–H and O–H groups in total. The van der Waals surface area contributed by atoms with Gasteiger partial charge in [0.25, 0.3) is 0 Å². The van der Waals surface area contributed by atoms with Crippen molar-refractivity contribution < 1.29 is 9.84 Å². The van der Waals surface area contributed by atoms with Crippen LogP contribution in [0.4, 0.5) is 0 Å². The van der Waals surface area contributed by atoms with Gasteiger partial charge in [-0.05, 0) is 39.0 Å². The number of hydrogen-bond donors (Lipinski definition) is 3. The second-order valence-electron chi connectivity index (χ2n) is 5.29. The molecule has 0 aromatic heterocycles. The average Bonchev–Trinajstić information content (AvgIpc) is 2.83. The van der Waals surface area contributed by atoms with Crippen LogP contribution in [0.2, 0.25) is 0 Å². The van der Waals surface area contributed by atoms with Gasteiger partial charge in [-0.3, -0.25) is 4.99 Å². The molecule has 1 saturated heterocycles. The molecule has 19 heavy (non-hydrogen) atoms. The van der Waals surface area contributed by atoms with Gasteiger partial charge in [0.05, 0.1) is 18.2 Å². The maximum absolute atomic E-state index is 10.0. The fourth-order valence-electron chi connectivity index (χ4n) is 2.33. The molecule has 1 aliphatic heterocycles. The van der Waals surface area contributed by atoms with Crippen LogP contribution in [0.1, 0.15) is 39.0 Å². The summed E-state index contributed by atoms with van der Waals surface area (Å²) in [5.41, 5.74) is -0.549. The van der Waals surface area contributed by atoms with Crippen LogP contribution in [-0.2, 0) is 4.74 Å². The lowest BCUT2D eigenvalue weighted by molar-refractivity contribution is -0.0236. The van der Waals surface area contributed by atoms with E-state index in [1.165, 1.54) is 0 Å². The first-order chi connectivity index (χ1) is 8.72. The zero-order chi connectivity index (χ0) is 12.8. The molecule has 0 aromatic rings. The Bertz CT molecular complexity index is 290. The minimum Gasteiger partial charge on any atom is -0.388 e. The van der Waals surface area contributed by atoms with E-state index in [1.807, 2.05) is 6.92 Å². The molecule has 2 fully saturated rings. The van der Waals surface area contributed by atoms with Gasteiger partial charge < -0.3 is 20.5 Å². The SMILES string of the molecule is CCNC(=NCC1(O)CCC1)NCC1CCCO1.I. The van der Waals surface area contributed by atoms with Crippen LogP contribution in [-0.4, -0.2) is 49.0 Å². The smallest absolute Gasteiger partial charge is 0.191 e. The molecule has 112 valence electrons. The molecule has 1 atom stereocenters. The number of guanidine groups is 1. The summed E-state index contributed by atoms with van der Waals surface area (Å²) in [5.74, 6) is 0.785. The summed E-state index contributed by atoms with van der Waals surface area (Å²) >= 11 is 0. The summed E-state index contributed by atoms with van der Waals surface area (Å²) in [4.78, 5) is 4.46. The van der Waals surface area contributed by atoms with Gasteiger partial charge in [0.1, 0.15) is 0 Å². The van der Waals surface area contributed by atoms with Crippen molar-refractivity contribution >= 4 is 29.9 Å². The van der Waals surface area contributed by atoms with Gasteiger partial charge in [0, 0.05) is 19.7 Å². The third-order valence-electron chi connectivity index (χ3n) is 3.68. The molecule has 1 unspecified atom stereocenters. The largest absolute Gasteiger partial charge is 0.388 e. The topological polar surface area (TPSA) is 65.9 Å². The monoisotopic (exact) mass is 383 g/mol. The van der Waals surface area contributed by atoms with Crippen molar-refractivity contribution in [3.05, 3.63) is 0 Å². The van der Waals surface area contributed by atoms with Crippen molar-refractivity contribution in [1.82, 2.24) is 10.6 Å². The first-order valence-electron chi connectivity index (χ1n) is 7.08. The first kappa shape index (κ1) is 17.0. The second-order valence-corrected chi connectivity index (χ2v) is 5.29. The quantitative estimate of drug-likeness (QED) is 0.380. The van der Waals surface area contributed by atoms with Crippen LogP contribution in [0, 0.1) is 0 Å². The average molecular weight is 383 g/mol. The van der Waals surface area contributed by atoms with Gasteiger partial charge in [0.2, 0.25) is 0 Å². The lowest BCUT2D eigenvalue weighted by Gasteiger charge is -2.35. The molecule has 0 radical (unpaired) electrons. The van der Waals surface area contributed by atoms with Crippen LogP contribution in [0.25, 0.3) is 0 Å². The van der Waals surface area contributed by atoms with Crippen LogP contribution < -0.4 is 10.6 Å². The summed E-state index contributed by atoms with van der Waals surface area (Å²) in [6.07, 6.45) is 5.45. The van der Waals surface area contributed by atoms with Crippen LogP contribution >= 0.6 is 24.0 Å². The van der Waals surface area contributed by atoms with E-state index in [0.29, 0.717) is 12.6 Å². The lowest BCUT2D eigenvalue weighted by atomic mass is 9.80. The molecule has 2 rings (SSSR count). The van der Waals surface area contributed by atoms with Crippen molar-refractivity contribution in [3.8, 4) is 0 Å². The van der Waals surface area contributed by atoms with E-state index in [-0.39, 0.29) is 24.0 Å². The van der Waals surface area contributed by atoms with E-state index < -0.39 is 5.60 Å². The molecule has 0 aromatic carbocycles. The van der Waals surface area contributed by atoms with E-state index in [9.17, 15) is 5.11 Å². The van der Waals surface area contributed by atoms with E-state index >= 15 is 0 Å². The highest BCUT2D eigenvalue weighted by Gasteiger charge is 2.34. The highest BCUT2D eigenvalue weighted by atomic mass is 127. The predicted octanol–water partition coefficient (Wildman–Crippen LogP) is 1.25. The fraction of sp³-hybridized carbons (Fsp3) is 0.923. The van der Waals surface area contributed by atoms with Crippen molar-refractivity contribution in [2.24, 2.45) is 4.99 Å². The maximum atomic E-state index is 10.0. The number of nitrogens with zero attached hydrogens (tertiary/aromatic N) is 1. The molecule has 6 heteroatoms. The normalized spacial score (nSPS) is 25.4. The summed E-state index contributed by atoms with van der Waals surface area (Å²) in [5, 5.41) is 16.5. The summed E-state index contributed by atoms with van der Waals surface area (Å²) in [6.45, 7) is 5.04. The van der Waals surface area contributed by atoms with Crippen LogP contribution in [0.3, 0.4) is 0 Å². The third-order valence-corrected chi connectivity index (χ3v) is 3.68. The first-order valence-corrected chi connectivity index (χ1v) is 7.08. The minimum absolute atomic E-state index is 0. The maximum Gasteiger partial charge on any atom is 0.191 e. The molecule has 2 aliphatic rings. The highest BCUT2D eigenvalue weighted by Crippen LogP contribution is 2.31. The predicted molar refractivity (Wildman–Crippen MR) is 87.2 cm³/mol. The van der Waals surface area contributed by atoms with Crippen molar-refractivity contribution in [2.45, 2.75) is 50.7 Å². The molecule has 1 aliphatic carbocycles. The van der Waals surface area contributed by atoms with Crippen molar-refractivity contribution in [2.75, 3.05) is 26.2 Å². The molecule has 1 heterocycles. The van der Waals surface area contributed by atoms with E-state index in [4.69, 9.17) is 4.74 Å². The highest BCUT2D eigenvalue weighted by molar-refractivity contribution is 14.0. The Hall–Kier alpha value is -0.0800. The lowest BCUT2D eigenvalue weighted by Crippen LogP contribution is -2.44. The fourth-order valence-corrected chi connectivity index (χ4v) is 2.33. The Morgan fingerprint density at radius 1 is 1.37 bits per heavy atom. The van der Waals surface area contributed by atoms with E-state index in [1.54, 1.807) is 0 Å². The minimum atomic E-state index is -0.549. The Balaban J connectivity index is 0.00000180. The standard InChI is InChI=1S/C13H25N3O2.HI/c1-2-14-12(15-9-11-5-3-8-18-11)16-10-13(17)6-4-7-13;/h11,17H,2-10H2,1H3,(H2,14,15,16);1H. The van der Waals surface area contributed by atoms with Gasteiger partial charge in [-0.1, -0.05) is 0 Å². The number of ether oxygens (including phenoxy) is 1. The number of halogens is 1. The van der Waals surface area contributed by atoms with E-state index in [0.717, 1.165) is 57.8 Å². The number of aliphatic imine (C=N–C) groups is 1. The molecule has 0 bridgehead atoms. The van der Waals surface area contributed by atoms with Gasteiger partial charge in [-0.25, -0.2) is 0 Å². The zero-order valence-electron chi connectivity index (χ0n) is 11.7. The Morgan fingerprint density at radius 3 is 2.68 bits per heavy atom. The van der Waals surface area contributed by atoms with Crippen molar-refractivity contribution in [1.29, 1.82) is 0 Å².